The van der Waals surface area contributed by atoms with Gasteiger partial charge in [-0.25, -0.2) is 4.98 Å². The molecule has 0 saturated carbocycles. The van der Waals surface area contributed by atoms with E-state index in [4.69, 9.17) is 0 Å². The standard InChI is InChI=1S/C15H27N3/c1-12-13(2)17(11-16-12)9-14-7-6-8-18(10-14)15(3,4)5/h11,14H,6-10H2,1-5H3. The Morgan fingerprint density at radius 3 is 2.61 bits per heavy atom. The molecular formula is C15H27N3. The lowest BCUT2D eigenvalue weighted by molar-refractivity contribution is 0.0732. The molecule has 1 atom stereocenters. The quantitative estimate of drug-likeness (QED) is 0.803. The number of aryl methyl sites for hydroxylation is 1. The van der Waals surface area contributed by atoms with E-state index in [-0.39, 0.29) is 0 Å². The highest BCUT2D eigenvalue weighted by atomic mass is 15.2. The summed E-state index contributed by atoms with van der Waals surface area (Å²) in [5, 5.41) is 0. The SMILES string of the molecule is Cc1ncn(CC2CCCN(C(C)(C)C)C2)c1C. The lowest BCUT2D eigenvalue weighted by Gasteiger charge is -2.41. The molecule has 0 aromatic carbocycles. The van der Waals surface area contributed by atoms with Crippen molar-refractivity contribution in [3.8, 4) is 0 Å². The number of likely N-dealkylation sites (tertiary alicyclic amines) is 1. The van der Waals surface area contributed by atoms with Gasteiger partial charge in [-0.1, -0.05) is 0 Å². The zero-order chi connectivity index (χ0) is 13.3. The molecule has 0 radical (unpaired) electrons. The normalized spacial score (nSPS) is 22.4. The van der Waals surface area contributed by atoms with Gasteiger partial charge in [0.2, 0.25) is 0 Å². The van der Waals surface area contributed by atoms with Gasteiger partial charge < -0.3 is 4.57 Å². The third kappa shape index (κ3) is 2.94. The van der Waals surface area contributed by atoms with Gasteiger partial charge in [0.25, 0.3) is 0 Å². The van der Waals surface area contributed by atoms with Gasteiger partial charge in [-0.3, -0.25) is 4.90 Å². The molecule has 3 heteroatoms. The van der Waals surface area contributed by atoms with Crippen LogP contribution in [-0.4, -0.2) is 33.1 Å². The Bertz CT molecular complexity index is 400. The number of piperidine rings is 1. The van der Waals surface area contributed by atoms with Crippen LogP contribution >= 0.6 is 0 Å². The van der Waals surface area contributed by atoms with Crippen molar-refractivity contribution in [2.45, 2.75) is 59.5 Å². The highest BCUT2D eigenvalue weighted by Gasteiger charge is 2.28. The van der Waals surface area contributed by atoms with Gasteiger partial charge in [0.05, 0.1) is 12.0 Å². The van der Waals surface area contributed by atoms with Crippen molar-refractivity contribution in [1.29, 1.82) is 0 Å². The number of hydrogen-bond acceptors (Lipinski definition) is 2. The van der Waals surface area contributed by atoms with Crippen molar-refractivity contribution < 1.29 is 0 Å². The van der Waals surface area contributed by atoms with Crippen molar-refractivity contribution in [3.05, 3.63) is 17.7 Å². The molecule has 2 heterocycles. The maximum Gasteiger partial charge on any atom is 0.0951 e. The molecule has 1 aliphatic rings. The number of hydrogen-bond donors (Lipinski definition) is 0. The van der Waals surface area contributed by atoms with Gasteiger partial charge in [0.1, 0.15) is 0 Å². The summed E-state index contributed by atoms with van der Waals surface area (Å²) in [5.41, 5.74) is 2.79. The summed E-state index contributed by atoms with van der Waals surface area (Å²) in [6, 6.07) is 0. The average molecular weight is 249 g/mol. The Balaban J connectivity index is 2.00. The third-order valence-corrected chi connectivity index (χ3v) is 4.27. The van der Waals surface area contributed by atoms with Crippen LogP contribution in [0.25, 0.3) is 0 Å². The van der Waals surface area contributed by atoms with Crippen molar-refractivity contribution >= 4 is 0 Å². The molecule has 0 amide bonds. The van der Waals surface area contributed by atoms with E-state index in [1.165, 1.54) is 37.3 Å². The predicted molar refractivity (Wildman–Crippen MR) is 75.8 cm³/mol. The molecule has 2 rings (SSSR count). The molecule has 1 saturated heterocycles. The molecule has 0 spiro atoms. The second-order valence-electron chi connectivity index (χ2n) is 6.69. The van der Waals surface area contributed by atoms with Crippen LogP contribution in [0.2, 0.25) is 0 Å². The molecule has 3 nitrogen and oxygen atoms in total. The highest BCUT2D eigenvalue weighted by molar-refractivity contribution is 5.08. The zero-order valence-electron chi connectivity index (χ0n) is 12.5. The molecule has 18 heavy (non-hydrogen) atoms. The lowest BCUT2D eigenvalue weighted by atomic mass is 9.93. The molecule has 1 fully saturated rings. The Labute approximate surface area is 111 Å². The first-order valence-electron chi connectivity index (χ1n) is 7.11. The molecule has 1 unspecified atom stereocenters. The molecule has 1 aromatic rings. The van der Waals surface area contributed by atoms with E-state index < -0.39 is 0 Å². The summed E-state index contributed by atoms with van der Waals surface area (Å²) in [5.74, 6) is 0.769. The van der Waals surface area contributed by atoms with Crippen LogP contribution in [0.5, 0.6) is 0 Å². The van der Waals surface area contributed by atoms with E-state index in [1.54, 1.807) is 0 Å². The minimum Gasteiger partial charge on any atom is -0.334 e. The van der Waals surface area contributed by atoms with Gasteiger partial charge in [-0.2, -0.15) is 0 Å². The second kappa shape index (κ2) is 5.04. The van der Waals surface area contributed by atoms with Crippen LogP contribution in [0, 0.1) is 19.8 Å². The fourth-order valence-electron chi connectivity index (χ4n) is 2.83. The van der Waals surface area contributed by atoms with Crippen LogP contribution in [0.4, 0.5) is 0 Å². The van der Waals surface area contributed by atoms with Gasteiger partial charge in [-0.05, 0) is 59.9 Å². The summed E-state index contributed by atoms with van der Waals surface area (Å²) in [7, 11) is 0. The van der Waals surface area contributed by atoms with Crippen LogP contribution in [0.15, 0.2) is 6.33 Å². The number of imidazole rings is 1. The number of nitrogens with zero attached hydrogens (tertiary/aromatic N) is 3. The summed E-state index contributed by atoms with van der Waals surface area (Å²) < 4.78 is 2.33. The van der Waals surface area contributed by atoms with Crippen molar-refractivity contribution in [2.24, 2.45) is 5.92 Å². The zero-order valence-corrected chi connectivity index (χ0v) is 12.5. The largest absolute Gasteiger partial charge is 0.334 e. The van der Waals surface area contributed by atoms with E-state index in [9.17, 15) is 0 Å². The average Bonchev–Trinajstić information content (AvgIpc) is 2.60. The molecule has 0 bridgehead atoms. The first-order valence-corrected chi connectivity index (χ1v) is 7.11. The smallest absolute Gasteiger partial charge is 0.0951 e. The number of rotatable bonds is 2. The maximum atomic E-state index is 4.40. The van der Waals surface area contributed by atoms with E-state index in [1.807, 2.05) is 6.33 Å². The van der Waals surface area contributed by atoms with Crippen molar-refractivity contribution in [1.82, 2.24) is 14.5 Å². The Morgan fingerprint density at radius 2 is 2.06 bits per heavy atom. The summed E-state index contributed by atoms with van der Waals surface area (Å²) in [6.45, 7) is 14.8. The monoisotopic (exact) mass is 249 g/mol. The maximum absolute atomic E-state index is 4.40. The Hall–Kier alpha value is -0.830. The predicted octanol–water partition coefficient (Wildman–Crippen LogP) is 3.01. The van der Waals surface area contributed by atoms with Crippen LogP contribution in [0.1, 0.15) is 45.0 Å². The molecule has 0 aliphatic carbocycles. The van der Waals surface area contributed by atoms with E-state index in [0.717, 1.165) is 12.5 Å². The van der Waals surface area contributed by atoms with E-state index in [2.05, 4.69) is 49.1 Å². The lowest BCUT2D eigenvalue weighted by Crippen LogP contribution is -2.47. The molecule has 0 N–H and O–H groups in total. The van der Waals surface area contributed by atoms with Gasteiger partial charge in [0, 0.05) is 24.3 Å². The fraction of sp³-hybridized carbons (Fsp3) is 0.800. The minimum absolute atomic E-state index is 0.304. The molecule has 1 aromatic heterocycles. The topological polar surface area (TPSA) is 21.1 Å². The van der Waals surface area contributed by atoms with E-state index in [0.29, 0.717) is 5.54 Å². The highest BCUT2D eigenvalue weighted by Crippen LogP contribution is 2.25. The van der Waals surface area contributed by atoms with Gasteiger partial charge in [0.15, 0.2) is 0 Å². The van der Waals surface area contributed by atoms with E-state index >= 15 is 0 Å². The van der Waals surface area contributed by atoms with Gasteiger partial charge >= 0.3 is 0 Å². The van der Waals surface area contributed by atoms with Crippen molar-refractivity contribution in [3.63, 3.8) is 0 Å². The Morgan fingerprint density at radius 1 is 1.33 bits per heavy atom. The van der Waals surface area contributed by atoms with Gasteiger partial charge in [-0.15, -0.1) is 0 Å². The second-order valence-corrected chi connectivity index (χ2v) is 6.69. The van der Waals surface area contributed by atoms with Crippen LogP contribution in [-0.2, 0) is 6.54 Å². The fourth-order valence-corrected chi connectivity index (χ4v) is 2.83. The third-order valence-electron chi connectivity index (χ3n) is 4.27. The van der Waals surface area contributed by atoms with Crippen LogP contribution < -0.4 is 0 Å². The summed E-state index contributed by atoms with van der Waals surface area (Å²) in [4.78, 5) is 7.02. The number of aromatic nitrogens is 2. The minimum atomic E-state index is 0.304. The summed E-state index contributed by atoms with van der Waals surface area (Å²) in [6.07, 6.45) is 4.68. The summed E-state index contributed by atoms with van der Waals surface area (Å²) >= 11 is 0. The molecular weight excluding hydrogens is 222 g/mol. The van der Waals surface area contributed by atoms with Crippen LogP contribution in [0.3, 0.4) is 0 Å². The first kappa shape index (κ1) is 13.6. The first-order chi connectivity index (χ1) is 8.38. The Kier molecular flexibility index (Phi) is 3.81. The van der Waals surface area contributed by atoms with Crippen molar-refractivity contribution in [2.75, 3.05) is 13.1 Å². The molecule has 102 valence electrons. The molecule has 1 aliphatic heterocycles.